The van der Waals surface area contributed by atoms with Gasteiger partial charge in [0.15, 0.2) is 0 Å². The van der Waals surface area contributed by atoms with Crippen LogP contribution in [-0.2, 0) is 5.75 Å². The minimum atomic E-state index is -0.181. The summed E-state index contributed by atoms with van der Waals surface area (Å²) in [6, 6.07) is 11.0. The van der Waals surface area contributed by atoms with Crippen molar-refractivity contribution in [2.45, 2.75) is 24.8 Å². The van der Waals surface area contributed by atoms with Gasteiger partial charge in [0, 0.05) is 23.6 Å². The van der Waals surface area contributed by atoms with Crippen LogP contribution in [0.4, 0.5) is 0 Å². The quantitative estimate of drug-likeness (QED) is 0.477. The molecule has 1 aromatic carbocycles. The number of pyridine rings is 1. The van der Waals surface area contributed by atoms with Gasteiger partial charge in [-0.2, -0.15) is 0 Å². The first kappa shape index (κ1) is 17.8. The Balaban J connectivity index is 1.54. The number of benzene rings is 1. The molecule has 0 radical (unpaired) electrons. The molecular formula is C19H15ClN4O2S. The summed E-state index contributed by atoms with van der Waals surface area (Å²) in [5.74, 6) is 0.925. The van der Waals surface area contributed by atoms with E-state index in [2.05, 4.69) is 21.2 Å². The molecule has 0 aliphatic rings. The predicted octanol–water partition coefficient (Wildman–Crippen LogP) is 4.31. The summed E-state index contributed by atoms with van der Waals surface area (Å²) < 4.78 is 7.17. The van der Waals surface area contributed by atoms with Gasteiger partial charge in [0.05, 0.1) is 10.7 Å². The lowest BCUT2D eigenvalue weighted by Gasteiger charge is -2.03. The number of aryl methyl sites for hydroxylation is 2. The third-order valence-corrected chi connectivity index (χ3v) is 4.97. The first-order valence-electron chi connectivity index (χ1n) is 8.21. The molecule has 0 amide bonds. The first-order chi connectivity index (χ1) is 13.0. The molecule has 136 valence electrons. The summed E-state index contributed by atoms with van der Waals surface area (Å²) in [5, 5.41) is 9.12. The van der Waals surface area contributed by atoms with E-state index in [-0.39, 0.29) is 5.56 Å². The van der Waals surface area contributed by atoms with Crippen molar-refractivity contribution in [2.24, 2.45) is 0 Å². The van der Waals surface area contributed by atoms with Crippen LogP contribution in [0.15, 0.2) is 57.0 Å². The molecule has 4 aromatic rings. The van der Waals surface area contributed by atoms with Crippen molar-refractivity contribution in [1.82, 2.24) is 19.6 Å². The van der Waals surface area contributed by atoms with E-state index in [0.717, 1.165) is 16.7 Å². The van der Waals surface area contributed by atoms with Gasteiger partial charge in [0.2, 0.25) is 5.89 Å². The van der Waals surface area contributed by atoms with Crippen molar-refractivity contribution in [1.29, 1.82) is 0 Å². The highest BCUT2D eigenvalue weighted by Gasteiger charge is 2.11. The summed E-state index contributed by atoms with van der Waals surface area (Å²) in [5.41, 5.74) is 4.17. The topological polar surface area (TPSA) is 73.3 Å². The second-order valence-electron chi connectivity index (χ2n) is 6.20. The van der Waals surface area contributed by atoms with Crippen molar-refractivity contribution in [2.75, 3.05) is 0 Å². The van der Waals surface area contributed by atoms with E-state index in [1.807, 2.05) is 26.0 Å². The van der Waals surface area contributed by atoms with Gasteiger partial charge in [-0.3, -0.25) is 9.20 Å². The molecule has 0 saturated carbocycles. The summed E-state index contributed by atoms with van der Waals surface area (Å²) in [7, 11) is 0. The molecule has 3 aromatic heterocycles. The average molecular weight is 399 g/mol. The lowest BCUT2D eigenvalue weighted by atomic mass is 10.1. The molecule has 0 N–H and O–H groups in total. The molecule has 0 unspecified atom stereocenters. The van der Waals surface area contributed by atoms with E-state index in [0.29, 0.717) is 33.2 Å². The summed E-state index contributed by atoms with van der Waals surface area (Å²) >= 11 is 7.27. The van der Waals surface area contributed by atoms with E-state index in [4.69, 9.17) is 16.0 Å². The number of aromatic nitrogens is 4. The Morgan fingerprint density at radius 3 is 2.67 bits per heavy atom. The second kappa shape index (κ2) is 7.17. The zero-order valence-electron chi connectivity index (χ0n) is 14.6. The molecule has 0 atom stereocenters. The van der Waals surface area contributed by atoms with Crippen LogP contribution >= 0.6 is 23.4 Å². The Kier molecular flexibility index (Phi) is 4.72. The lowest BCUT2D eigenvalue weighted by molar-refractivity contribution is 0.465. The van der Waals surface area contributed by atoms with Gasteiger partial charge < -0.3 is 4.42 Å². The van der Waals surface area contributed by atoms with Crippen LogP contribution in [-0.4, -0.2) is 19.6 Å². The van der Waals surface area contributed by atoms with Crippen molar-refractivity contribution in [3.63, 3.8) is 0 Å². The minimum absolute atomic E-state index is 0.181. The molecule has 0 spiro atoms. The maximum Gasteiger partial charge on any atom is 0.277 e. The number of hydrogen-bond acceptors (Lipinski definition) is 6. The molecule has 8 heteroatoms. The third kappa shape index (κ3) is 3.89. The molecule has 0 fully saturated rings. The van der Waals surface area contributed by atoms with E-state index in [1.54, 1.807) is 18.3 Å². The molecule has 3 heterocycles. The first-order valence-corrected chi connectivity index (χ1v) is 9.57. The van der Waals surface area contributed by atoms with E-state index in [1.165, 1.54) is 22.2 Å². The number of thioether (sulfide) groups is 1. The Bertz CT molecular complexity index is 1180. The molecule has 27 heavy (non-hydrogen) atoms. The Labute approximate surface area is 164 Å². The number of nitrogens with zero attached hydrogens (tertiary/aromatic N) is 4. The summed E-state index contributed by atoms with van der Waals surface area (Å²) in [4.78, 5) is 16.7. The van der Waals surface area contributed by atoms with Crippen LogP contribution in [0, 0.1) is 13.8 Å². The maximum atomic E-state index is 12.2. The second-order valence-corrected chi connectivity index (χ2v) is 7.56. The van der Waals surface area contributed by atoms with Crippen molar-refractivity contribution >= 4 is 29.0 Å². The average Bonchev–Trinajstić information content (AvgIpc) is 3.09. The fourth-order valence-corrected chi connectivity index (χ4v) is 3.63. The van der Waals surface area contributed by atoms with Gasteiger partial charge in [-0.1, -0.05) is 40.6 Å². The molecule has 6 nitrogen and oxygen atoms in total. The third-order valence-electron chi connectivity index (χ3n) is 3.90. The SMILES string of the molecule is Cc1cc(C)cc(-c2nnc(SCc3cc(=O)n4cc(Cl)ccc4n3)o2)c1. The fraction of sp³-hybridized carbons (Fsp3) is 0.158. The lowest BCUT2D eigenvalue weighted by Crippen LogP contribution is -2.15. The molecule has 0 saturated heterocycles. The van der Waals surface area contributed by atoms with Crippen LogP contribution in [0.2, 0.25) is 5.02 Å². The highest BCUT2D eigenvalue weighted by Crippen LogP contribution is 2.26. The number of hydrogen-bond donors (Lipinski definition) is 0. The van der Waals surface area contributed by atoms with E-state index in [9.17, 15) is 4.79 Å². The van der Waals surface area contributed by atoms with Crippen LogP contribution in [0.3, 0.4) is 0 Å². The van der Waals surface area contributed by atoms with E-state index >= 15 is 0 Å². The molecule has 0 aliphatic carbocycles. The maximum absolute atomic E-state index is 12.2. The summed E-state index contributed by atoms with van der Waals surface area (Å²) in [6.45, 7) is 4.05. The zero-order valence-corrected chi connectivity index (χ0v) is 16.2. The largest absolute Gasteiger partial charge is 0.411 e. The highest BCUT2D eigenvalue weighted by molar-refractivity contribution is 7.98. The van der Waals surface area contributed by atoms with Crippen molar-refractivity contribution in [3.8, 4) is 11.5 Å². The number of rotatable bonds is 4. The van der Waals surface area contributed by atoms with Crippen LogP contribution in [0.1, 0.15) is 16.8 Å². The number of halogens is 1. The zero-order chi connectivity index (χ0) is 19.0. The van der Waals surface area contributed by atoms with Gasteiger partial charge in [0.1, 0.15) is 5.65 Å². The number of fused-ring (bicyclic) bond motifs is 1. The van der Waals surface area contributed by atoms with E-state index < -0.39 is 0 Å². The van der Waals surface area contributed by atoms with Gasteiger partial charge >= 0.3 is 0 Å². The van der Waals surface area contributed by atoms with Gasteiger partial charge in [-0.05, 0) is 38.1 Å². The Morgan fingerprint density at radius 1 is 1.11 bits per heavy atom. The summed E-state index contributed by atoms with van der Waals surface area (Å²) in [6.07, 6.45) is 1.55. The van der Waals surface area contributed by atoms with Crippen LogP contribution < -0.4 is 5.56 Å². The van der Waals surface area contributed by atoms with Gasteiger partial charge in [-0.15, -0.1) is 10.2 Å². The molecule has 0 bridgehead atoms. The van der Waals surface area contributed by atoms with Crippen molar-refractivity contribution in [3.05, 3.63) is 74.8 Å². The Hall–Kier alpha value is -2.64. The minimum Gasteiger partial charge on any atom is -0.411 e. The van der Waals surface area contributed by atoms with Crippen molar-refractivity contribution < 1.29 is 4.42 Å². The standard InChI is InChI=1S/C19H15ClN4O2S/c1-11-5-12(2)7-13(6-11)18-22-23-19(26-18)27-10-15-8-17(25)24-9-14(20)3-4-16(24)21-15/h3-9H,10H2,1-2H3. The van der Waals surface area contributed by atoms with Crippen LogP contribution in [0.5, 0.6) is 0 Å². The van der Waals surface area contributed by atoms with Gasteiger partial charge in [-0.25, -0.2) is 4.98 Å². The monoisotopic (exact) mass is 398 g/mol. The molecular weight excluding hydrogens is 384 g/mol. The molecule has 0 aliphatic heterocycles. The van der Waals surface area contributed by atoms with Gasteiger partial charge in [0.25, 0.3) is 10.8 Å². The van der Waals surface area contributed by atoms with Crippen LogP contribution in [0.25, 0.3) is 17.1 Å². The molecule has 4 rings (SSSR count). The predicted molar refractivity (Wildman–Crippen MR) is 105 cm³/mol. The Morgan fingerprint density at radius 2 is 1.89 bits per heavy atom. The highest BCUT2D eigenvalue weighted by atomic mass is 35.5. The normalized spacial score (nSPS) is 11.2. The smallest absolute Gasteiger partial charge is 0.277 e. The fourth-order valence-electron chi connectivity index (χ4n) is 2.82.